The van der Waals surface area contributed by atoms with E-state index in [2.05, 4.69) is 15.9 Å². The van der Waals surface area contributed by atoms with Crippen LogP contribution in [0.2, 0.25) is 0 Å². The zero-order valence-corrected chi connectivity index (χ0v) is 10.6. The average molecular weight is 287 g/mol. The van der Waals surface area contributed by atoms with Gasteiger partial charge in [-0.05, 0) is 18.6 Å². The summed E-state index contributed by atoms with van der Waals surface area (Å²) in [7, 11) is 0. The van der Waals surface area contributed by atoms with Gasteiger partial charge in [-0.3, -0.25) is 0 Å². The summed E-state index contributed by atoms with van der Waals surface area (Å²) in [5.41, 5.74) is 1.02. The van der Waals surface area contributed by atoms with E-state index in [0.29, 0.717) is 26.1 Å². The second-order valence-corrected chi connectivity index (χ2v) is 4.70. The highest BCUT2D eigenvalue weighted by Crippen LogP contribution is 2.36. The molecule has 0 aliphatic carbocycles. The first-order valence-corrected chi connectivity index (χ1v) is 6.21. The summed E-state index contributed by atoms with van der Waals surface area (Å²) in [6, 6.07) is 7.93. The molecule has 0 atom stereocenters. The number of benzene rings is 1. The van der Waals surface area contributed by atoms with Crippen LogP contribution in [0.4, 0.5) is 0 Å². The molecule has 16 heavy (non-hydrogen) atoms. The van der Waals surface area contributed by atoms with E-state index in [-0.39, 0.29) is 6.61 Å². The van der Waals surface area contributed by atoms with Crippen molar-refractivity contribution >= 4 is 15.9 Å². The Labute approximate surface area is 104 Å². The molecule has 0 amide bonds. The third-order valence-corrected chi connectivity index (χ3v) is 3.23. The lowest BCUT2D eigenvalue weighted by Gasteiger charge is -2.27. The first-order chi connectivity index (χ1) is 7.77. The molecule has 1 aliphatic heterocycles. The molecule has 1 fully saturated rings. The van der Waals surface area contributed by atoms with E-state index in [1.165, 1.54) is 0 Å². The van der Waals surface area contributed by atoms with Gasteiger partial charge < -0.3 is 14.6 Å². The first-order valence-electron chi connectivity index (χ1n) is 5.42. The Bertz CT molecular complexity index is 331. The Hall–Kier alpha value is -0.420. The van der Waals surface area contributed by atoms with Gasteiger partial charge in [-0.25, -0.2) is 0 Å². The van der Waals surface area contributed by atoms with Gasteiger partial charge in [0, 0.05) is 23.1 Å². The van der Waals surface area contributed by atoms with E-state index in [0.717, 1.165) is 10.0 Å². The van der Waals surface area contributed by atoms with Gasteiger partial charge in [0.2, 0.25) is 0 Å². The number of aliphatic hydroxyl groups excluding tert-OH is 1. The number of ether oxygens (including phenoxy) is 2. The van der Waals surface area contributed by atoms with Crippen molar-refractivity contribution in [2.24, 2.45) is 0 Å². The van der Waals surface area contributed by atoms with Crippen LogP contribution in [0.3, 0.4) is 0 Å². The van der Waals surface area contributed by atoms with Crippen LogP contribution in [0, 0.1) is 0 Å². The Morgan fingerprint density at radius 2 is 1.81 bits per heavy atom. The molecule has 0 unspecified atom stereocenters. The van der Waals surface area contributed by atoms with Crippen LogP contribution < -0.4 is 0 Å². The number of hydrogen-bond acceptors (Lipinski definition) is 3. The predicted molar refractivity (Wildman–Crippen MR) is 64.0 cm³/mol. The van der Waals surface area contributed by atoms with E-state index in [1.807, 2.05) is 24.3 Å². The number of halogens is 1. The summed E-state index contributed by atoms with van der Waals surface area (Å²) in [5.74, 6) is -0.649. The monoisotopic (exact) mass is 286 g/mol. The lowest BCUT2D eigenvalue weighted by atomic mass is 10.0. The van der Waals surface area contributed by atoms with Gasteiger partial charge in [0.05, 0.1) is 13.2 Å². The molecular weight excluding hydrogens is 272 g/mol. The zero-order chi connectivity index (χ0) is 11.4. The SMILES string of the molecule is OCCCC1(c2ccc(Br)cc2)OCCO1. The Balaban J connectivity index is 2.21. The normalized spacial score (nSPS) is 18.9. The fraction of sp³-hybridized carbons (Fsp3) is 0.500. The van der Waals surface area contributed by atoms with E-state index in [4.69, 9.17) is 14.6 Å². The summed E-state index contributed by atoms with van der Waals surface area (Å²) in [5, 5.41) is 8.91. The molecule has 88 valence electrons. The van der Waals surface area contributed by atoms with Crippen LogP contribution in [0.1, 0.15) is 18.4 Å². The van der Waals surface area contributed by atoms with Crippen molar-refractivity contribution in [3.8, 4) is 0 Å². The van der Waals surface area contributed by atoms with Crippen LogP contribution in [0.25, 0.3) is 0 Å². The van der Waals surface area contributed by atoms with Gasteiger partial charge in [-0.2, -0.15) is 0 Å². The maximum atomic E-state index is 8.91. The molecule has 0 aromatic heterocycles. The molecule has 1 aromatic carbocycles. The standard InChI is InChI=1S/C12H15BrO3/c13-11-4-2-10(3-5-11)12(6-1-7-14)15-8-9-16-12/h2-5,14H,1,6-9H2. The minimum Gasteiger partial charge on any atom is -0.396 e. The molecule has 0 radical (unpaired) electrons. The van der Waals surface area contributed by atoms with Crippen LogP contribution in [0.15, 0.2) is 28.7 Å². The van der Waals surface area contributed by atoms with Gasteiger partial charge >= 0.3 is 0 Å². The summed E-state index contributed by atoms with van der Waals surface area (Å²) in [6.45, 7) is 1.38. The molecule has 2 rings (SSSR count). The van der Waals surface area contributed by atoms with Gasteiger partial charge in [-0.1, -0.05) is 28.1 Å². The molecular formula is C12H15BrO3. The molecule has 0 saturated carbocycles. The van der Waals surface area contributed by atoms with Crippen LogP contribution >= 0.6 is 15.9 Å². The largest absolute Gasteiger partial charge is 0.396 e. The minimum atomic E-state index is -0.649. The Morgan fingerprint density at radius 1 is 1.19 bits per heavy atom. The van der Waals surface area contributed by atoms with Crippen molar-refractivity contribution in [3.63, 3.8) is 0 Å². The molecule has 1 N–H and O–H groups in total. The van der Waals surface area contributed by atoms with Gasteiger partial charge in [0.25, 0.3) is 0 Å². The fourth-order valence-electron chi connectivity index (χ4n) is 1.93. The predicted octanol–water partition coefficient (Wildman–Crippen LogP) is 2.42. The van der Waals surface area contributed by atoms with Crippen LogP contribution in [-0.4, -0.2) is 24.9 Å². The summed E-state index contributed by atoms with van der Waals surface area (Å²) < 4.78 is 12.5. The third kappa shape index (κ3) is 2.46. The smallest absolute Gasteiger partial charge is 0.195 e. The first kappa shape index (κ1) is 12.0. The van der Waals surface area contributed by atoms with E-state index >= 15 is 0 Å². The van der Waals surface area contributed by atoms with E-state index < -0.39 is 5.79 Å². The summed E-state index contributed by atoms with van der Waals surface area (Å²) in [6.07, 6.45) is 1.36. The van der Waals surface area contributed by atoms with Crippen LogP contribution in [0.5, 0.6) is 0 Å². The maximum absolute atomic E-state index is 8.91. The van der Waals surface area contributed by atoms with Gasteiger partial charge in [0.1, 0.15) is 0 Å². The topological polar surface area (TPSA) is 38.7 Å². The molecule has 1 aliphatic rings. The van der Waals surface area contributed by atoms with Crippen molar-refractivity contribution in [1.29, 1.82) is 0 Å². The van der Waals surface area contributed by atoms with E-state index in [9.17, 15) is 0 Å². The lowest BCUT2D eigenvalue weighted by Crippen LogP contribution is -2.27. The molecule has 0 bridgehead atoms. The van der Waals surface area contributed by atoms with Crippen molar-refractivity contribution in [2.75, 3.05) is 19.8 Å². The molecule has 3 nitrogen and oxygen atoms in total. The molecule has 0 spiro atoms. The Morgan fingerprint density at radius 3 is 2.38 bits per heavy atom. The highest BCUT2D eigenvalue weighted by Gasteiger charge is 2.37. The second kappa shape index (κ2) is 5.27. The van der Waals surface area contributed by atoms with Crippen molar-refractivity contribution in [3.05, 3.63) is 34.3 Å². The average Bonchev–Trinajstić information content (AvgIpc) is 2.77. The highest BCUT2D eigenvalue weighted by atomic mass is 79.9. The van der Waals surface area contributed by atoms with E-state index in [1.54, 1.807) is 0 Å². The molecule has 4 heteroatoms. The lowest BCUT2D eigenvalue weighted by molar-refractivity contribution is -0.172. The molecule has 1 saturated heterocycles. The van der Waals surface area contributed by atoms with Gasteiger partial charge in [-0.15, -0.1) is 0 Å². The molecule has 1 aromatic rings. The second-order valence-electron chi connectivity index (χ2n) is 3.78. The summed E-state index contributed by atoms with van der Waals surface area (Å²) in [4.78, 5) is 0. The number of rotatable bonds is 4. The number of aliphatic hydroxyl groups is 1. The minimum absolute atomic E-state index is 0.158. The third-order valence-electron chi connectivity index (χ3n) is 2.70. The van der Waals surface area contributed by atoms with Crippen molar-refractivity contribution < 1.29 is 14.6 Å². The van der Waals surface area contributed by atoms with Crippen molar-refractivity contribution in [1.82, 2.24) is 0 Å². The summed E-state index contributed by atoms with van der Waals surface area (Å²) >= 11 is 3.40. The fourth-order valence-corrected chi connectivity index (χ4v) is 2.19. The number of hydrogen-bond donors (Lipinski definition) is 1. The maximum Gasteiger partial charge on any atom is 0.195 e. The highest BCUT2D eigenvalue weighted by molar-refractivity contribution is 9.10. The quantitative estimate of drug-likeness (QED) is 0.924. The van der Waals surface area contributed by atoms with Crippen LogP contribution in [-0.2, 0) is 15.3 Å². The Kier molecular flexibility index (Phi) is 3.97. The van der Waals surface area contributed by atoms with Gasteiger partial charge in [0.15, 0.2) is 5.79 Å². The van der Waals surface area contributed by atoms with Crippen molar-refractivity contribution in [2.45, 2.75) is 18.6 Å². The zero-order valence-electron chi connectivity index (χ0n) is 8.99. The molecule has 1 heterocycles.